The van der Waals surface area contributed by atoms with Crippen LogP contribution in [-0.4, -0.2) is 11.5 Å². The molecule has 1 unspecified atom stereocenters. The molecule has 1 heterocycles. The van der Waals surface area contributed by atoms with Crippen molar-refractivity contribution in [3.05, 3.63) is 63.9 Å². The summed E-state index contributed by atoms with van der Waals surface area (Å²) < 4.78 is 1.11. The van der Waals surface area contributed by atoms with Crippen molar-refractivity contribution in [3.8, 4) is 0 Å². The quantitative estimate of drug-likeness (QED) is 0.846. The number of hydrogen-bond donors (Lipinski definition) is 1. The molecule has 0 bridgehead atoms. The van der Waals surface area contributed by atoms with Crippen molar-refractivity contribution < 1.29 is 0 Å². The van der Waals surface area contributed by atoms with Gasteiger partial charge in [-0.25, -0.2) is 0 Å². The molecule has 0 amide bonds. The Morgan fingerprint density at radius 2 is 1.90 bits per heavy atom. The van der Waals surface area contributed by atoms with Gasteiger partial charge in [-0.2, -0.15) is 0 Å². The summed E-state index contributed by atoms with van der Waals surface area (Å²) in [6, 6.07) is 13.1. The van der Waals surface area contributed by atoms with E-state index in [1.165, 1.54) is 11.1 Å². The maximum absolute atomic E-state index is 4.52. The van der Waals surface area contributed by atoms with Gasteiger partial charge in [-0.1, -0.05) is 41.1 Å². The highest BCUT2D eigenvalue weighted by Gasteiger charge is 2.12. The third kappa shape index (κ3) is 4.43. The molecule has 1 N–H and O–H groups in total. The molecule has 2 aromatic rings. The van der Waals surface area contributed by atoms with Crippen LogP contribution in [0, 0.1) is 6.92 Å². The van der Waals surface area contributed by atoms with Gasteiger partial charge in [-0.15, -0.1) is 0 Å². The lowest BCUT2D eigenvalue weighted by atomic mass is 10.0. The molecule has 0 aliphatic heterocycles. The van der Waals surface area contributed by atoms with E-state index in [0.29, 0.717) is 6.04 Å². The molecule has 0 fully saturated rings. The van der Waals surface area contributed by atoms with Gasteiger partial charge in [0.25, 0.3) is 0 Å². The van der Waals surface area contributed by atoms with Crippen LogP contribution in [0.25, 0.3) is 0 Å². The smallest absolute Gasteiger partial charge is 0.0422 e. The Morgan fingerprint density at radius 3 is 2.50 bits per heavy atom. The fourth-order valence-electron chi connectivity index (χ4n) is 2.15. The van der Waals surface area contributed by atoms with Crippen molar-refractivity contribution in [1.82, 2.24) is 10.3 Å². The molecule has 3 heteroatoms. The standard InChI is InChI=1S/C17H21BrN2/c1-3-10-19-17(14-5-7-15(18)8-6-14)11-16-9-4-13(2)12-20-16/h4-9,12,17,19H,3,10-11H2,1-2H3. The molecule has 0 spiro atoms. The first-order valence-electron chi connectivity index (χ1n) is 7.09. The highest BCUT2D eigenvalue weighted by molar-refractivity contribution is 9.10. The van der Waals surface area contributed by atoms with E-state index >= 15 is 0 Å². The fourth-order valence-corrected chi connectivity index (χ4v) is 2.41. The SMILES string of the molecule is CCCNC(Cc1ccc(C)cn1)c1ccc(Br)cc1. The summed E-state index contributed by atoms with van der Waals surface area (Å²) in [5.41, 5.74) is 3.65. The topological polar surface area (TPSA) is 24.9 Å². The zero-order valence-electron chi connectivity index (χ0n) is 12.1. The van der Waals surface area contributed by atoms with Crippen molar-refractivity contribution in [1.29, 1.82) is 0 Å². The molecule has 0 radical (unpaired) electrons. The summed E-state index contributed by atoms with van der Waals surface area (Å²) in [6.45, 7) is 5.28. The monoisotopic (exact) mass is 332 g/mol. The molecule has 1 atom stereocenters. The number of aryl methyl sites for hydroxylation is 1. The number of halogens is 1. The average molecular weight is 333 g/mol. The van der Waals surface area contributed by atoms with E-state index in [9.17, 15) is 0 Å². The fraction of sp³-hybridized carbons (Fsp3) is 0.353. The first-order chi connectivity index (χ1) is 9.69. The molecule has 0 saturated heterocycles. The van der Waals surface area contributed by atoms with Gasteiger partial charge in [0.1, 0.15) is 0 Å². The van der Waals surface area contributed by atoms with Gasteiger partial charge in [-0.3, -0.25) is 4.98 Å². The number of nitrogens with zero attached hydrogens (tertiary/aromatic N) is 1. The summed E-state index contributed by atoms with van der Waals surface area (Å²) >= 11 is 3.49. The van der Waals surface area contributed by atoms with Crippen molar-refractivity contribution in [3.63, 3.8) is 0 Å². The number of rotatable bonds is 6. The average Bonchev–Trinajstić information content (AvgIpc) is 2.46. The third-order valence-electron chi connectivity index (χ3n) is 3.30. The van der Waals surface area contributed by atoms with Crippen LogP contribution < -0.4 is 5.32 Å². The Kier molecular flexibility index (Phi) is 5.74. The predicted octanol–water partition coefficient (Wildman–Crippen LogP) is 4.44. The Bertz CT molecular complexity index is 520. The minimum absolute atomic E-state index is 0.318. The Labute approximate surface area is 129 Å². The zero-order valence-corrected chi connectivity index (χ0v) is 13.7. The van der Waals surface area contributed by atoms with E-state index < -0.39 is 0 Å². The van der Waals surface area contributed by atoms with Crippen LogP contribution in [0.15, 0.2) is 47.1 Å². The van der Waals surface area contributed by atoms with Crippen LogP contribution in [0.2, 0.25) is 0 Å². The number of pyridine rings is 1. The largest absolute Gasteiger partial charge is 0.310 e. The summed E-state index contributed by atoms with van der Waals surface area (Å²) in [5.74, 6) is 0. The van der Waals surface area contributed by atoms with E-state index in [4.69, 9.17) is 0 Å². The van der Waals surface area contributed by atoms with Crippen molar-refractivity contribution in [2.75, 3.05) is 6.54 Å². The summed E-state index contributed by atoms with van der Waals surface area (Å²) in [5, 5.41) is 3.61. The number of benzene rings is 1. The molecule has 0 aliphatic carbocycles. The lowest BCUT2D eigenvalue weighted by Crippen LogP contribution is -2.24. The molecular weight excluding hydrogens is 312 g/mol. The second kappa shape index (κ2) is 7.55. The van der Waals surface area contributed by atoms with Crippen LogP contribution in [0.5, 0.6) is 0 Å². The lowest BCUT2D eigenvalue weighted by Gasteiger charge is -2.19. The molecule has 106 valence electrons. The number of hydrogen-bond acceptors (Lipinski definition) is 2. The van der Waals surface area contributed by atoms with E-state index in [2.05, 4.69) is 76.5 Å². The van der Waals surface area contributed by atoms with Crippen LogP contribution >= 0.6 is 15.9 Å². The van der Waals surface area contributed by atoms with Gasteiger partial charge in [0.05, 0.1) is 0 Å². The zero-order chi connectivity index (χ0) is 14.4. The maximum atomic E-state index is 4.52. The Hall–Kier alpha value is -1.19. The van der Waals surface area contributed by atoms with Crippen LogP contribution in [0.3, 0.4) is 0 Å². The first-order valence-corrected chi connectivity index (χ1v) is 7.88. The van der Waals surface area contributed by atoms with Gasteiger partial charge in [0.2, 0.25) is 0 Å². The van der Waals surface area contributed by atoms with Crippen LogP contribution in [0.1, 0.15) is 36.2 Å². The normalized spacial score (nSPS) is 12.3. The summed E-state index contributed by atoms with van der Waals surface area (Å²) in [6.07, 6.45) is 3.99. The molecule has 1 aromatic heterocycles. The first kappa shape index (κ1) is 15.2. The van der Waals surface area contributed by atoms with E-state index in [0.717, 1.165) is 29.6 Å². The maximum Gasteiger partial charge on any atom is 0.0422 e. The highest BCUT2D eigenvalue weighted by atomic mass is 79.9. The molecule has 0 saturated carbocycles. The van der Waals surface area contributed by atoms with Crippen molar-refractivity contribution in [2.24, 2.45) is 0 Å². The minimum atomic E-state index is 0.318. The van der Waals surface area contributed by atoms with Crippen molar-refractivity contribution >= 4 is 15.9 Å². The van der Waals surface area contributed by atoms with Crippen molar-refractivity contribution in [2.45, 2.75) is 32.7 Å². The molecule has 0 aliphatic rings. The molecular formula is C17H21BrN2. The summed E-state index contributed by atoms with van der Waals surface area (Å²) in [4.78, 5) is 4.52. The van der Waals surface area contributed by atoms with Gasteiger partial charge < -0.3 is 5.32 Å². The van der Waals surface area contributed by atoms with Gasteiger partial charge >= 0.3 is 0 Å². The van der Waals surface area contributed by atoms with Crippen LogP contribution in [-0.2, 0) is 6.42 Å². The third-order valence-corrected chi connectivity index (χ3v) is 3.83. The minimum Gasteiger partial charge on any atom is -0.310 e. The molecule has 2 rings (SSSR count). The van der Waals surface area contributed by atoms with Gasteiger partial charge in [-0.05, 0) is 49.2 Å². The van der Waals surface area contributed by atoms with E-state index in [1.54, 1.807) is 0 Å². The summed E-state index contributed by atoms with van der Waals surface area (Å²) in [7, 11) is 0. The second-order valence-electron chi connectivity index (χ2n) is 5.09. The molecule has 1 aromatic carbocycles. The Balaban J connectivity index is 2.14. The Morgan fingerprint density at radius 1 is 1.15 bits per heavy atom. The molecule has 20 heavy (non-hydrogen) atoms. The predicted molar refractivity (Wildman–Crippen MR) is 87.9 cm³/mol. The lowest BCUT2D eigenvalue weighted by molar-refractivity contribution is 0.524. The highest BCUT2D eigenvalue weighted by Crippen LogP contribution is 2.20. The van der Waals surface area contributed by atoms with Crippen LogP contribution in [0.4, 0.5) is 0 Å². The second-order valence-corrected chi connectivity index (χ2v) is 6.00. The van der Waals surface area contributed by atoms with Gasteiger partial charge in [0, 0.05) is 28.8 Å². The van der Waals surface area contributed by atoms with Gasteiger partial charge in [0.15, 0.2) is 0 Å². The molecule has 2 nitrogen and oxygen atoms in total. The van der Waals surface area contributed by atoms with E-state index in [-0.39, 0.29) is 0 Å². The van der Waals surface area contributed by atoms with E-state index in [1.807, 2.05) is 6.20 Å². The number of nitrogens with one attached hydrogen (secondary N) is 1. The number of aromatic nitrogens is 1.